The first-order valence-corrected chi connectivity index (χ1v) is 6.61. The normalized spacial score (nSPS) is 14.9. The zero-order valence-corrected chi connectivity index (χ0v) is 10.8. The number of hydrogen-bond donors (Lipinski definition) is 1. The van der Waals surface area contributed by atoms with Gasteiger partial charge in [0, 0.05) is 19.6 Å². The first kappa shape index (κ1) is 12.3. The standard InChI is InChI=1S/C13H22N4/c1-3-14-9-12-7-8-13(16-15-12)17(4-2)10-11-5-6-11/h7-8,11,14H,3-6,9-10H2,1-2H3. The van der Waals surface area contributed by atoms with Gasteiger partial charge in [0.05, 0.1) is 5.69 Å². The number of anilines is 1. The van der Waals surface area contributed by atoms with E-state index < -0.39 is 0 Å². The minimum atomic E-state index is 0.804. The number of nitrogens with zero attached hydrogens (tertiary/aromatic N) is 3. The van der Waals surface area contributed by atoms with Gasteiger partial charge < -0.3 is 10.2 Å². The van der Waals surface area contributed by atoms with E-state index >= 15 is 0 Å². The Hall–Kier alpha value is -1.16. The van der Waals surface area contributed by atoms with Gasteiger partial charge in [-0.3, -0.25) is 0 Å². The van der Waals surface area contributed by atoms with Gasteiger partial charge in [-0.2, -0.15) is 5.10 Å². The van der Waals surface area contributed by atoms with Gasteiger partial charge in [-0.15, -0.1) is 5.10 Å². The summed E-state index contributed by atoms with van der Waals surface area (Å²) in [6.07, 6.45) is 2.75. The van der Waals surface area contributed by atoms with Crippen LogP contribution in [0.4, 0.5) is 5.82 Å². The third-order valence-corrected chi connectivity index (χ3v) is 3.14. The lowest BCUT2D eigenvalue weighted by Gasteiger charge is -2.21. The molecule has 1 saturated carbocycles. The predicted octanol–water partition coefficient (Wildman–Crippen LogP) is 1.82. The molecular weight excluding hydrogens is 212 g/mol. The minimum Gasteiger partial charge on any atom is -0.355 e. The van der Waals surface area contributed by atoms with Crippen LogP contribution in [0.25, 0.3) is 0 Å². The van der Waals surface area contributed by atoms with Crippen LogP contribution in [0.1, 0.15) is 32.4 Å². The van der Waals surface area contributed by atoms with Crippen molar-refractivity contribution in [2.24, 2.45) is 5.92 Å². The van der Waals surface area contributed by atoms with Crippen molar-refractivity contribution in [2.45, 2.75) is 33.2 Å². The maximum absolute atomic E-state index is 4.32. The topological polar surface area (TPSA) is 41.0 Å². The van der Waals surface area contributed by atoms with Crippen molar-refractivity contribution in [1.82, 2.24) is 15.5 Å². The Bertz CT molecular complexity index is 332. The van der Waals surface area contributed by atoms with Crippen LogP contribution in [0.5, 0.6) is 0 Å². The minimum absolute atomic E-state index is 0.804. The van der Waals surface area contributed by atoms with Gasteiger partial charge in [-0.05, 0) is 44.4 Å². The zero-order valence-electron chi connectivity index (χ0n) is 10.8. The fourth-order valence-electron chi connectivity index (χ4n) is 1.87. The summed E-state index contributed by atoms with van der Waals surface area (Å²) in [7, 11) is 0. The Kier molecular flexibility index (Phi) is 4.31. The van der Waals surface area contributed by atoms with E-state index in [1.54, 1.807) is 0 Å². The van der Waals surface area contributed by atoms with Crippen molar-refractivity contribution in [1.29, 1.82) is 0 Å². The van der Waals surface area contributed by atoms with E-state index in [-0.39, 0.29) is 0 Å². The first-order valence-electron chi connectivity index (χ1n) is 6.61. The van der Waals surface area contributed by atoms with Gasteiger partial charge in [0.2, 0.25) is 0 Å². The molecule has 2 rings (SSSR count). The number of rotatable bonds is 7. The molecule has 1 aromatic heterocycles. The SMILES string of the molecule is CCNCc1ccc(N(CC)CC2CC2)nn1. The summed E-state index contributed by atoms with van der Waals surface area (Å²) in [6, 6.07) is 4.16. The van der Waals surface area contributed by atoms with E-state index in [1.807, 2.05) is 0 Å². The van der Waals surface area contributed by atoms with E-state index in [4.69, 9.17) is 0 Å². The zero-order chi connectivity index (χ0) is 12.1. The Morgan fingerprint density at radius 1 is 1.29 bits per heavy atom. The monoisotopic (exact) mass is 234 g/mol. The number of aromatic nitrogens is 2. The van der Waals surface area contributed by atoms with Crippen LogP contribution >= 0.6 is 0 Å². The van der Waals surface area contributed by atoms with E-state index in [0.717, 1.165) is 43.6 Å². The van der Waals surface area contributed by atoms with Gasteiger partial charge >= 0.3 is 0 Å². The first-order chi connectivity index (χ1) is 8.33. The summed E-state index contributed by atoms with van der Waals surface area (Å²) in [5, 5.41) is 11.8. The Balaban J connectivity index is 1.94. The van der Waals surface area contributed by atoms with Crippen molar-refractivity contribution in [3.63, 3.8) is 0 Å². The molecule has 1 heterocycles. The summed E-state index contributed by atoms with van der Waals surface area (Å²) in [5.41, 5.74) is 1.01. The van der Waals surface area contributed by atoms with Gasteiger partial charge in [-0.1, -0.05) is 6.92 Å². The molecule has 1 N–H and O–H groups in total. The van der Waals surface area contributed by atoms with Crippen LogP contribution in [-0.2, 0) is 6.54 Å². The van der Waals surface area contributed by atoms with Crippen LogP contribution in [0, 0.1) is 5.92 Å². The Labute approximate surface area is 103 Å². The third kappa shape index (κ3) is 3.66. The molecule has 0 saturated heterocycles. The smallest absolute Gasteiger partial charge is 0.151 e. The van der Waals surface area contributed by atoms with Crippen LogP contribution in [-0.4, -0.2) is 29.8 Å². The third-order valence-electron chi connectivity index (χ3n) is 3.14. The molecule has 0 aromatic carbocycles. The average molecular weight is 234 g/mol. The summed E-state index contributed by atoms with van der Waals surface area (Å²) >= 11 is 0. The molecule has 4 heteroatoms. The molecule has 0 bridgehead atoms. The average Bonchev–Trinajstić information content (AvgIpc) is 3.18. The van der Waals surface area contributed by atoms with Crippen molar-refractivity contribution < 1.29 is 0 Å². The fourth-order valence-corrected chi connectivity index (χ4v) is 1.87. The van der Waals surface area contributed by atoms with Crippen molar-refractivity contribution in [3.8, 4) is 0 Å². The van der Waals surface area contributed by atoms with Crippen LogP contribution in [0.3, 0.4) is 0 Å². The number of nitrogens with one attached hydrogen (secondary N) is 1. The maximum atomic E-state index is 4.32. The van der Waals surface area contributed by atoms with Crippen molar-refractivity contribution in [3.05, 3.63) is 17.8 Å². The molecule has 1 aliphatic carbocycles. The molecule has 94 valence electrons. The molecule has 1 aromatic rings. The molecule has 0 atom stereocenters. The lowest BCUT2D eigenvalue weighted by molar-refractivity contribution is 0.687. The van der Waals surface area contributed by atoms with Crippen LogP contribution < -0.4 is 10.2 Å². The van der Waals surface area contributed by atoms with Crippen LogP contribution in [0.2, 0.25) is 0 Å². The highest BCUT2D eigenvalue weighted by Gasteiger charge is 2.24. The van der Waals surface area contributed by atoms with E-state index in [2.05, 4.69) is 46.4 Å². The van der Waals surface area contributed by atoms with Gasteiger partial charge in [-0.25, -0.2) is 0 Å². The highest BCUT2D eigenvalue weighted by molar-refractivity contribution is 5.37. The van der Waals surface area contributed by atoms with E-state index in [9.17, 15) is 0 Å². The largest absolute Gasteiger partial charge is 0.355 e. The van der Waals surface area contributed by atoms with E-state index in [0.29, 0.717) is 0 Å². The summed E-state index contributed by atoms with van der Waals surface area (Å²) in [5.74, 6) is 1.90. The Morgan fingerprint density at radius 3 is 2.65 bits per heavy atom. The second-order valence-electron chi connectivity index (χ2n) is 4.65. The summed E-state index contributed by atoms with van der Waals surface area (Å²) in [6.45, 7) is 8.19. The molecule has 0 aliphatic heterocycles. The highest BCUT2D eigenvalue weighted by Crippen LogP contribution is 2.30. The van der Waals surface area contributed by atoms with Gasteiger partial charge in [0.1, 0.15) is 0 Å². The molecule has 0 amide bonds. The second-order valence-corrected chi connectivity index (χ2v) is 4.65. The lowest BCUT2D eigenvalue weighted by atomic mass is 10.3. The van der Waals surface area contributed by atoms with Gasteiger partial charge in [0.25, 0.3) is 0 Å². The maximum Gasteiger partial charge on any atom is 0.151 e. The molecular formula is C13H22N4. The van der Waals surface area contributed by atoms with Crippen molar-refractivity contribution in [2.75, 3.05) is 24.5 Å². The van der Waals surface area contributed by atoms with Crippen molar-refractivity contribution >= 4 is 5.82 Å². The molecule has 1 fully saturated rings. The fraction of sp³-hybridized carbons (Fsp3) is 0.692. The molecule has 1 aliphatic rings. The second kappa shape index (κ2) is 5.96. The summed E-state index contributed by atoms with van der Waals surface area (Å²) in [4.78, 5) is 2.32. The van der Waals surface area contributed by atoms with E-state index in [1.165, 1.54) is 12.8 Å². The van der Waals surface area contributed by atoms with Gasteiger partial charge in [0.15, 0.2) is 5.82 Å². The predicted molar refractivity (Wildman–Crippen MR) is 70.0 cm³/mol. The summed E-state index contributed by atoms with van der Waals surface area (Å²) < 4.78 is 0. The molecule has 4 nitrogen and oxygen atoms in total. The highest BCUT2D eigenvalue weighted by atomic mass is 15.3. The quantitative estimate of drug-likeness (QED) is 0.781. The lowest BCUT2D eigenvalue weighted by Crippen LogP contribution is -2.26. The molecule has 0 unspecified atom stereocenters. The molecule has 0 spiro atoms. The molecule has 0 radical (unpaired) electrons. The van der Waals surface area contributed by atoms with Crippen LogP contribution in [0.15, 0.2) is 12.1 Å². The number of hydrogen-bond acceptors (Lipinski definition) is 4. The molecule has 17 heavy (non-hydrogen) atoms. The Morgan fingerprint density at radius 2 is 2.12 bits per heavy atom.